The second-order valence-corrected chi connectivity index (χ2v) is 4.32. The molecular weight excluding hydrogens is 240 g/mol. The lowest BCUT2D eigenvalue weighted by molar-refractivity contribution is -0.121. The van der Waals surface area contributed by atoms with E-state index in [4.69, 9.17) is 5.11 Å². The van der Waals surface area contributed by atoms with Gasteiger partial charge in [0.15, 0.2) is 0 Å². The number of aliphatic hydroxyl groups excluding tert-OH is 1. The largest absolute Gasteiger partial charge is 0.395 e. The van der Waals surface area contributed by atoms with Crippen LogP contribution in [0.3, 0.4) is 0 Å². The van der Waals surface area contributed by atoms with Crippen LogP contribution in [0.2, 0.25) is 0 Å². The monoisotopic (exact) mass is 260 g/mol. The normalized spacial score (nSPS) is 9.89. The quantitative estimate of drug-likeness (QED) is 0.762. The molecule has 2 N–H and O–H groups in total. The minimum absolute atomic E-state index is 0.00832. The molecule has 0 atom stereocenters. The predicted molar refractivity (Wildman–Crippen MR) is 75.4 cm³/mol. The van der Waals surface area contributed by atoms with Gasteiger partial charge in [-0.25, -0.2) is 0 Å². The highest BCUT2D eigenvalue weighted by Crippen LogP contribution is 2.06. The number of carbonyl (C=O) groups is 1. The Kier molecular flexibility index (Phi) is 6.65. The highest BCUT2D eigenvalue weighted by Gasteiger charge is 2.04. The summed E-state index contributed by atoms with van der Waals surface area (Å²) in [5, 5.41) is 11.2. The molecule has 0 unspecified atom stereocenters. The van der Waals surface area contributed by atoms with Crippen LogP contribution in [-0.2, 0) is 11.3 Å². The molecule has 0 radical (unpaired) electrons. The molecule has 0 aliphatic rings. The summed E-state index contributed by atoms with van der Waals surface area (Å²) >= 11 is 0. The van der Waals surface area contributed by atoms with Crippen LogP contribution in [0.5, 0.6) is 0 Å². The number of amides is 1. The third kappa shape index (κ3) is 6.05. The van der Waals surface area contributed by atoms with Gasteiger partial charge in [-0.1, -0.05) is 24.0 Å². The molecule has 1 aromatic rings. The maximum absolute atomic E-state index is 11.2. The predicted octanol–water partition coefficient (Wildman–Crippen LogP) is 0.598. The summed E-state index contributed by atoms with van der Waals surface area (Å²) in [4.78, 5) is 13.2. The molecule has 0 aromatic heterocycles. The first-order chi connectivity index (χ1) is 9.15. The molecule has 0 fully saturated rings. The third-order valence-corrected chi connectivity index (χ3v) is 2.57. The van der Waals surface area contributed by atoms with Crippen molar-refractivity contribution >= 4 is 5.91 Å². The van der Waals surface area contributed by atoms with Crippen molar-refractivity contribution in [2.45, 2.75) is 13.0 Å². The fraction of sp³-hybridized carbons (Fsp3) is 0.400. The van der Waals surface area contributed by atoms with Gasteiger partial charge in [0.2, 0.25) is 5.91 Å². The maximum atomic E-state index is 11.2. The smallest absolute Gasteiger partial charge is 0.233 e. The van der Waals surface area contributed by atoms with Gasteiger partial charge in [0, 0.05) is 25.6 Å². The number of benzene rings is 1. The standard InChI is InChI=1S/C15H20N2O2/c1-16-15(19)12-17(2)11-14-8-6-13(7-9-14)5-3-4-10-18/h6-9,18H,4,10-12H2,1-2H3,(H,16,19). The molecule has 0 aliphatic carbocycles. The summed E-state index contributed by atoms with van der Waals surface area (Å²) in [7, 11) is 3.54. The van der Waals surface area contributed by atoms with Crippen LogP contribution in [-0.4, -0.2) is 43.2 Å². The zero-order valence-electron chi connectivity index (χ0n) is 11.4. The fourth-order valence-corrected chi connectivity index (χ4v) is 1.61. The van der Waals surface area contributed by atoms with Gasteiger partial charge in [-0.3, -0.25) is 9.69 Å². The van der Waals surface area contributed by atoms with Gasteiger partial charge in [-0.2, -0.15) is 0 Å². The second kappa shape index (κ2) is 8.30. The molecule has 0 bridgehead atoms. The van der Waals surface area contributed by atoms with E-state index in [2.05, 4.69) is 17.2 Å². The Bertz CT molecular complexity index is 457. The molecule has 0 spiro atoms. The first-order valence-electron chi connectivity index (χ1n) is 6.23. The molecule has 0 saturated heterocycles. The van der Waals surface area contributed by atoms with Crippen LogP contribution in [0.4, 0.5) is 0 Å². The number of likely N-dealkylation sites (N-methyl/N-ethyl adjacent to an activating group) is 2. The summed E-state index contributed by atoms with van der Waals surface area (Å²) in [5.74, 6) is 5.87. The lowest BCUT2D eigenvalue weighted by Crippen LogP contribution is -2.32. The Labute approximate surface area is 114 Å². The lowest BCUT2D eigenvalue weighted by Gasteiger charge is -2.15. The van der Waals surface area contributed by atoms with Crippen molar-refractivity contribution in [2.75, 3.05) is 27.2 Å². The van der Waals surface area contributed by atoms with Gasteiger partial charge >= 0.3 is 0 Å². The van der Waals surface area contributed by atoms with Crippen molar-refractivity contribution in [1.29, 1.82) is 0 Å². The van der Waals surface area contributed by atoms with E-state index in [0.717, 1.165) is 17.7 Å². The minimum Gasteiger partial charge on any atom is -0.395 e. The van der Waals surface area contributed by atoms with E-state index in [1.165, 1.54) is 0 Å². The van der Waals surface area contributed by atoms with Gasteiger partial charge in [-0.15, -0.1) is 0 Å². The zero-order valence-corrected chi connectivity index (χ0v) is 11.4. The molecule has 0 aliphatic heterocycles. The summed E-state index contributed by atoms with van der Waals surface area (Å²) in [5.41, 5.74) is 2.07. The van der Waals surface area contributed by atoms with E-state index >= 15 is 0 Å². The third-order valence-electron chi connectivity index (χ3n) is 2.57. The average molecular weight is 260 g/mol. The molecule has 4 nitrogen and oxygen atoms in total. The molecule has 102 valence electrons. The van der Waals surface area contributed by atoms with Crippen molar-refractivity contribution in [3.8, 4) is 11.8 Å². The van der Waals surface area contributed by atoms with Crippen LogP contribution in [0, 0.1) is 11.8 Å². The number of carbonyl (C=O) groups excluding carboxylic acids is 1. The van der Waals surface area contributed by atoms with E-state index in [1.807, 2.05) is 36.2 Å². The first kappa shape index (κ1) is 15.2. The van der Waals surface area contributed by atoms with Crippen LogP contribution in [0.1, 0.15) is 17.5 Å². The zero-order chi connectivity index (χ0) is 14.1. The van der Waals surface area contributed by atoms with Gasteiger partial charge in [0.25, 0.3) is 0 Å². The second-order valence-electron chi connectivity index (χ2n) is 4.32. The van der Waals surface area contributed by atoms with E-state index in [-0.39, 0.29) is 12.5 Å². The van der Waals surface area contributed by atoms with Crippen molar-refractivity contribution in [2.24, 2.45) is 0 Å². The highest BCUT2D eigenvalue weighted by molar-refractivity contribution is 5.77. The Morgan fingerprint density at radius 3 is 2.63 bits per heavy atom. The molecule has 1 rings (SSSR count). The van der Waals surface area contributed by atoms with Crippen molar-refractivity contribution in [3.63, 3.8) is 0 Å². The van der Waals surface area contributed by atoms with E-state index in [0.29, 0.717) is 13.0 Å². The van der Waals surface area contributed by atoms with Gasteiger partial charge in [0.1, 0.15) is 0 Å². The van der Waals surface area contributed by atoms with Crippen molar-refractivity contribution < 1.29 is 9.90 Å². The number of aliphatic hydroxyl groups is 1. The fourth-order valence-electron chi connectivity index (χ4n) is 1.61. The SMILES string of the molecule is CNC(=O)CN(C)Cc1ccc(C#CCCO)cc1. The minimum atomic E-state index is 0.00832. The van der Waals surface area contributed by atoms with Crippen LogP contribution < -0.4 is 5.32 Å². The molecule has 1 aromatic carbocycles. The number of rotatable bonds is 5. The van der Waals surface area contributed by atoms with Gasteiger partial charge in [0.05, 0.1) is 13.2 Å². The summed E-state index contributed by atoms with van der Waals surface area (Å²) < 4.78 is 0. The Hall–Kier alpha value is -1.83. The van der Waals surface area contributed by atoms with Crippen molar-refractivity contribution in [3.05, 3.63) is 35.4 Å². The molecule has 19 heavy (non-hydrogen) atoms. The van der Waals surface area contributed by atoms with Gasteiger partial charge in [-0.05, 0) is 24.7 Å². The molecule has 0 saturated carbocycles. The van der Waals surface area contributed by atoms with Crippen molar-refractivity contribution in [1.82, 2.24) is 10.2 Å². The number of hydrogen-bond acceptors (Lipinski definition) is 3. The molecule has 1 amide bonds. The lowest BCUT2D eigenvalue weighted by atomic mass is 10.1. The summed E-state index contributed by atoms with van der Waals surface area (Å²) in [6.45, 7) is 1.20. The van der Waals surface area contributed by atoms with Crippen LogP contribution >= 0.6 is 0 Å². The molecule has 0 heterocycles. The highest BCUT2D eigenvalue weighted by atomic mass is 16.2. The number of nitrogens with one attached hydrogen (secondary N) is 1. The Balaban J connectivity index is 2.53. The summed E-state index contributed by atoms with van der Waals surface area (Å²) in [6, 6.07) is 7.91. The summed E-state index contributed by atoms with van der Waals surface area (Å²) in [6.07, 6.45) is 0.497. The van der Waals surface area contributed by atoms with E-state index < -0.39 is 0 Å². The van der Waals surface area contributed by atoms with E-state index in [9.17, 15) is 4.79 Å². The first-order valence-corrected chi connectivity index (χ1v) is 6.23. The topological polar surface area (TPSA) is 52.6 Å². The number of hydrogen-bond donors (Lipinski definition) is 2. The molecule has 4 heteroatoms. The Morgan fingerprint density at radius 2 is 2.05 bits per heavy atom. The van der Waals surface area contributed by atoms with E-state index in [1.54, 1.807) is 7.05 Å². The van der Waals surface area contributed by atoms with Crippen LogP contribution in [0.25, 0.3) is 0 Å². The Morgan fingerprint density at radius 1 is 1.37 bits per heavy atom. The number of nitrogens with zero attached hydrogens (tertiary/aromatic N) is 1. The van der Waals surface area contributed by atoms with Crippen LogP contribution in [0.15, 0.2) is 24.3 Å². The average Bonchev–Trinajstić information content (AvgIpc) is 2.40. The molecular formula is C15H20N2O2. The van der Waals surface area contributed by atoms with Gasteiger partial charge < -0.3 is 10.4 Å². The maximum Gasteiger partial charge on any atom is 0.233 e.